The van der Waals surface area contributed by atoms with Gasteiger partial charge in [-0.1, -0.05) is 6.92 Å². The van der Waals surface area contributed by atoms with Crippen LogP contribution in [0.5, 0.6) is 5.75 Å². The van der Waals surface area contributed by atoms with Gasteiger partial charge in [0.05, 0.1) is 14.2 Å². The smallest absolute Gasteiger partial charge is 0.341 e. The third-order valence-electron chi connectivity index (χ3n) is 5.76. The van der Waals surface area contributed by atoms with Gasteiger partial charge in [-0.3, -0.25) is 9.59 Å². The number of aliphatic hydroxyl groups excluding tert-OH is 1. The van der Waals surface area contributed by atoms with Crippen molar-refractivity contribution < 1.29 is 29.0 Å². The van der Waals surface area contributed by atoms with Gasteiger partial charge < -0.3 is 14.6 Å². The van der Waals surface area contributed by atoms with Crippen molar-refractivity contribution in [2.75, 3.05) is 14.2 Å². The molecule has 3 rings (SSSR count). The molecule has 138 valence electrons. The van der Waals surface area contributed by atoms with Crippen LogP contribution < -0.4 is 4.74 Å². The maximum Gasteiger partial charge on any atom is 0.341 e. The lowest BCUT2D eigenvalue weighted by Crippen LogP contribution is -2.47. The van der Waals surface area contributed by atoms with Crippen LogP contribution in [0.4, 0.5) is 0 Å². The molecule has 6 heteroatoms. The maximum atomic E-state index is 12.9. The molecule has 6 nitrogen and oxygen atoms in total. The van der Waals surface area contributed by atoms with Crippen molar-refractivity contribution in [2.45, 2.75) is 39.0 Å². The summed E-state index contributed by atoms with van der Waals surface area (Å²) in [5, 5.41) is 10.7. The Hall–Kier alpha value is -2.63. The van der Waals surface area contributed by atoms with Gasteiger partial charge in [-0.2, -0.15) is 0 Å². The summed E-state index contributed by atoms with van der Waals surface area (Å²) < 4.78 is 10.1. The average Bonchev–Trinajstić information content (AvgIpc) is 2.61. The molecule has 0 bridgehead atoms. The molecule has 2 aliphatic carbocycles. The Kier molecular flexibility index (Phi) is 3.98. The number of carbonyl (C=O) groups excluding carboxylic acids is 3. The number of benzene rings is 1. The molecular formula is C20H22O6. The molecule has 0 radical (unpaired) electrons. The highest BCUT2D eigenvalue weighted by atomic mass is 16.5. The molecule has 0 aromatic heterocycles. The van der Waals surface area contributed by atoms with E-state index in [2.05, 4.69) is 0 Å². The van der Waals surface area contributed by atoms with Crippen LogP contribution in [0, 0.1) is 5.41 Å². The van der Waals surface area contributed by atoms with Gasteiger partial charge in [-0.05, 0) is 43.5 Å². The predicted molar refractivity (Wildman–Crippen MR) is 93.7 cm³/mol. The second kappa shape index (κ2) is 5.69. The van der Waals surface area contributed by atoms with E-state index in [1.54, 1.807) is 19.9 Å². The maximum absolute atomic E-state index is 12.9. The number of hydrogen-bond acceptors (Lipinski definition) is 6. The van der Waals surface area contributed by atoms with E-state index in [1.165, 1.54) is 20.3 Å². The molecule has 0 unspecified atom stereocenters. The number of allylic oxidation sites excluding steroid dienone is 2. The van der Waals surface area contributed by atoms with Crippen LogP contribution in [0.3, 0.4) is 0 Å². The molecule has 0 heterocycles. The van der Waals surface area contributed by atoms with E-state index in [0.717, 1.165) is 0 Å². The van der Waals surface area contributed by atoms with Crippen LogP contribution in [0.2, 0.25) is 0 Å². The average molecular weight is 358 g/mol. The zero-order valence-electron chi connectivity index (χ0n) is 15.6. The SMILES string of the molecule is COC(=O)c1cc2c(cc1OC)[C@]1(C)CCC(=O)C(C)(C)C1=C(O)C2=O. The number of fused-ring (bicyclic) bond motifs is 3. The highest BCUT2D eigenvalue weighted by Crippen LogP contribution is 2.55. The first-order valence-electron chi connectivity index (χ1n) is 8.42. The van der Waals surface area contributed by atoms with Crippen LogP contribution in [-0.4, -0.2) is 36.9 Å². The lowest BCUT2D eigenvalue weighted by molar-refractivity contribution is -0.127. The minimum atomic E-state index is -0.946. The molecule has 1 atom stereocenters. The molecular weight excluding hydrogens is 336 g/mol. The Morgan fingerprint density at radius 1 is 1.15 bits per heavy atom. The summed E-state index contributed by atoms with van der Waals surface area (Å²) >= 11 is 0. The summed E-state index contributed by atoms with van der Waals surface area (Å²) in [6.07, 6.45) is 0.810. The fraction of sp³-hybridized carbons (Fsp3) is 0.450. The van der Waals surface area contributed by atoms with Gasteiger partial charge in [-0.25, -0.2) is 4.79 Å². The van der Waals surface area contributed by atoms with Crippen LogP contribution in [0.1, 0.15) is 59.9 Å². The molecule has 1 saturated carbocycles. The van der Waals surface area contributed by atoms with Gasteiger partial charge in [0.2, 0.25) is 5.78 Å². The van der Waals surface area contributed by atoms with Gasteiger partial charge in [0.15, 0.2) is 5.76 Å². The summed E-state index contributed by atoms with van der Waals surface area (Å²) in [5.74, 6) is -1.34. The molecule has 2 aliphatic rings. The summed E-state index contributed by atoms with van der Waals surface area (Å²) in [6.45, 7) is 5.38. The summed E-state index contributed by atoms with van der Waals surface area (Å²) in [7, 11) is 2.68. The van der Waals surface area contributed by atoms with Gasteiger partial charge in [-0.15, -0.1) is 0 Å². The van der Waals surface area contributed by atoms with E-state index in [-0.39, 0.29) is 16.9 Å². The Labute approximate surface area is 151 Å². The van der Waals surface area contributed by atoms with Crippen LogP contribution >= 0.6 is 0 Å². The number of methoxy groups -OCH3 is 2. The summed E-state index contributed by atoms with van der Waals surface area (Å²) in [5.41, 5.74) is -0.203. The molecule has 1 N–H and O–H groups in total. The van der Waals surface area contributed by atoms with Crippen molar-refractivity contribution in [2.24, 2.45) is 5.41 Å². The van der Waals surface area contributed by atoms with E-state index >= 15 is 0 Å². The number of aliphatic hydroxyl groups is 1. The quantitative estimate of drug-likeness (QED) is 0.817. The van der Waals surface area contributed by atoms with Crippen molar-refractivity contribution in [3.8, 4) is 5.75 Å². The molecule has 0 aliphatic heterocycles. The van der Waals surface area contributed by atoms with Crippen molar-refractivity contribution in [3.63, 3.8) is 0 Å². The Bertz CT molecular complexity index is 877. The second-order valence-electron chi connectivity index (χ2n) is 7.52. The zero-order chi connectivity index (χ0) is 19.4. The van der Waals surface area contributed by atoms with Crippen LogP contribution in [0.15, 0.2) is 23.5 Å². The van der Waals surface area contributed by atoms with Gasteiger partial charge in [0, 0.05) is 22.8 Å². The predicted octanol–water partition coefficient (Wildman–Crippen LogP) is 3.14. The molecule has 0 spiro atoms. The monoisotopic (exact) mass is 358 g/mol. The first-order valence-corrected chi connectivity index (χ1v) is 8.42. The van der Waals surface area contributed by atoms with E-state index in [0.29, 0.717) is 29.7 Å². The number of hydrogen-bond donors (Lipinski definition) is 1. The number of esters is 1. The normalized spacial score (nSPS) is 24.0. The standard InChI is InChI=1S/C20H22O6/c1-19(2)14(21)6-7-20(3)12-9-13(25-4)11(18(24)26-5)8-10(12)15(22)16(23)17(19)20/h8-9,23H,6-7H2,1-5H3/t20-/m0/s1. The molecule has 26 heavy (non-hydrogen) atoms. The fourth-order valence-corrected chi connectivity index (χ4v) is 4.36. The van der Waals surface area contributed by atoms with Gasteiger partial charge in [0.25, 0.3) is 0 Å². The fourth-order valence-electron chi connectivity index (χ4n) is 4.36. The van der Waals surface area contributed by atoms with Crippen LogP contribution in [0.25, 0.3) is 0 Å². The Morgan fingerprint density at radius 2 is 1.81 bits per heavy atom. The molecule has 1 fully saturated rings. The number of ketones is 2. The number of rotatable bonds is 2. The molecule has 0 amide bonds. The highest BCUT2D eigenvalue weighted by molar-refractivity contribution is 6.13. The molecule has 1 aromatic carbocycles. The second-order valence-corrected chi connectivity index (χ2v) is 7.52. The third-order valence-corrected chi connectivity index (χ3v) is 5.76. The van der Waals surface area contributed by atoms with Crippen molar-refractivity contribution in [3.05, 3.63) is 40.2 Å². The minimum Gasteiger partial charge on any atom is -0.504 e. The van der Waals surface area contributed by atoms with E-state index in [4.69, 9.17) is 9.47 Å². The Morgan fingerprint density at radius 3 is 2.38 bits per heavy atom. The molecule has 0 saturated heterocycles. The van der Waals surface area contributed by atoms with Crippen molar-refractivity contribution in [1.82, 2.24) is 0 Å². The van der Waals surface area contributed by atoms with Crippen LogP contribution in [-0.2, 0) is 14.9 Å². The van der Waals surface area contributed by atoms with E-state index < -0.39 is 28.3 Å². The van der Waals surface area contributed by atoms with Gasteiger partial charge >= 0.3 is 5.97 Å². The van der Waals surface area contributed by atoms with E-state index in [9.17, 15) is 19.5 Å². The van der Waals surface area contributed by atoms with Crippen molar-refractivity contribution in [1.29, 1.82) is 0 Å². The Balaban J connectivity index is 2.34. The summed E-state index contributed by atoms with van der Waals surface area (Å²) in [6, 6.07) is 3.06. The minimum absolute atomic E-state index is 0.00841. The lowest BCUT2D eigenvalue weighted by atomic mass is 9.54. The van der Waals surface area contributed by atoms with Crippen molar-refractivity contribution >= 4 is 17.5 Å². The summed E-state index contributed by atoms with van der Waals surface area (Å²) in [4.78, 5) is 37.3. The zero-order valence-corrected chi connectivity index (χ0v) is 15.6. The first kappa shape index (κ1) is 18.2. The number of ether oxygens (including phenoxy) is 2. The topological polar surface area (TPSA) is 89.9 Å². The van der Waals surface area contributed by atoms with Gasteiger partial charge in [0.1, 0.15) is 17.1 Å². The third kappa shape index (κ3) is 2.21. The lowest BCUT2D eigenvalue weighted by Gasteiger charge is -2.48. The van der Waals surface area contributed by atoms with E-state index in [1.807, 2.05) is 6.92 Å². The number of Topliss-reactive ketones (excluding diaryl/α,β-unsaturated/α-hetero) is 2. The highest BCUT2D eigenvalue weighted by Gasteiger charge is 2.54. The first-order chi connectivity index (χ1) is 12.1. The number of carbonyl (C=O) groups is 3. The molecule has 1 aromatic rings. The largest absolute Gasteiger partial charge is 0.504 e.